The molecule has 0 saturated heterocycles. The van der Waals surface area contributed by atoms with Crippen LogP contribution in [0.2, 0.25) is 5.02 Å². The Kier molecular flexibility index (Phi) is 6.49. The molecule has 0 N–H and O–H groups in total. The van der Waals surface area contributed by atoms with Crippen molar-refractivity contribution < 1.29 is 9.59 Å². The largest absolute Gasteiger partial charge is 0.306 e. The summed E-state index contributed by atoms with van der Waals surface area (Å²) in [6.07, 6.45) is 0. The molecule has 0 aromatic heterocycles. The average molecular weight is 497 g/mol. The zero-order valence-corrected chi connectivity index (χ0v) is 18.9. The summed E-state index contributed by atoms with van der Waals surface area (Å²) in [5.74, 6) is -0.524. The van der Waals surface area contributed by atoms with Crippen molar-refractivity contribution in [1.82, 2.24) is 5.01 Å². The maximum absolute atomic E-state index is 13.3. The first-order valence-electron chi connectivity index (χ1n) is 9.71. The number of halogens is 2. The van der Waals surface area contributed by atoms with Crippen molar-refractivity contribution in [2.75, 3.05) is 16.8 Å². The van der Waals surface area contributed by atoms with E-state index >= 15 is 0 Å². The maximum Gasteiger partial charge on any atom is 0.253 e. The lowest BCUT2D eigenvalue weighted by molar-refractivity contribution is -0.133. The summed E-state index contributed by atoms with van der Waals surface area (Å²) >= 11 is 9.54. The number of alkyl halides is 1. The van der Waals surface area contributed by atoms with Crippen molar-refractivity contribution in [1.29, 1.82) is 0 Å². The van der Waals surface area contributed by atoms with Crippen LogP contribution in [0.5, 0.6) is 0 Å². The Hall–Kier alpha value is -2.96. The lowest BCUT2D eigenvalue weighted by Crippen LogP contribution is -2.43. The predicted molar refractivity (Wildman–Crippen MR) is 127 cm³/mol. The number of carbonyl (C=O) groups is 2. The molecule has 0 atom stereocenters. The number of rotatable bonds is 4. The molecule has 7 heteroatoms. The minimum atomic E-state index is -0.299. The molecule has 0 aliphatic carbocycles. The number of hydrazone groups is 1. The average Bonchev–Trinajstić information content (AvgIpc) is 2.80. The Morgan fingerprint density at radius 2 is 1.68 bits per heavy atom. The molecule has 0 bridgehead atoms. The second kappa shape index (κ2) is 9.45. The molecule has 0 saturated carbocycles. The van der Waals surface area contributed by atoms with Gasteiger partial charge in [0.2, 0.25) is 5.91 Å². The van der Waals surface area contributed by atoms with Gasteiger partial charge in [0.15, 0.2) is 0 Å². The molecule has 3 aromatic rings. The second-order valence-corrected chi connectivity index (χ2v) is 8.02. The van der Waals surface area contributed by atoms with Crippen LogP contribution < -0.4 is 4.90 Å². The normalized spacial score (nSPS) is 13.9. The monoisotopic (exact) mass is 495 g/mol. The number of carbonyl (C=O) groups excluding carboxylic acids is 2. The summed E-state index contributed by atoms with van der Waals surface area (Å²) in [5.41, 5.74) is 3.78. The van der Waals surface area contributed by atoms with Gasteiger partial charge in [0.25, 0.3) is 5.91 Å². The molecule has 0 fully saturated rings. The van der Waals surface area contributed by atoms with Gasteiger partial charge in [-0.25, -0.2) is 5.01 Å². The van der Waals surface area contributed by atoms with Gasteiger partial charge in [0, 0.05) is 16.1 Å². The quantitative estimate of drug-likeness (QED) is 0.484. The SMILES string of the molecule is O=C(CBr)N1CC(=O)N(Cc2ccccc2)c2ccc(Cl)cc2C(c2ccccc2)=N1. The van der Waals surface area contributed by atoms with Crippen LogP contribution >= 0.6 is 27.5 Å². The minimum Gasteiger partial charge on any atom is -0.306 e. The van der Waals surface area contributed by atoms with Crippen LogP contribution in [0.15, 0.2) is 84.0 Å². The van der Waals surface area contributed by atoms with E-state index in [1.807, 2.05) is 66.7 Å². The van der Waals surface area contributed by atoms with Gasteiger partial charge in [-0.05, 0) is 23.8 Å². The standard InChI is InChI=1S/C24H19BrClN3O2/c25-14-22(30)29-16-23(31)28(15-17-7-3-1-4-8-17)21-12-11-19(26)13-20(21)24(27-29)18-9-5-2-6-10-18/h1-13H,14-16H2. The fraction of sp³-hybridized carbons (Fsp3) is 0.125. The van der Waals surface area contributed by atoms with Crippen LogP contribution in [0, 0.1) is 0 Å². The van der Waals surface area contributed by atoms with Gasteiger partial charge in [-0.15, -0.1) is 0 Å². The first kappa shape index (κ1) is 21.3. The van der Waals surface area contributed by atoms with E-state index in [-0.39, 0.29) is 23.7 Å². The van der Waals surface area contributed by atoms with Gasteiger partial charge in [0.1, 0.15) is 12.3 Å². The molecule has 0 spiro atoms. The molecular weight excluding hydrogens is 478 g/mol. The third kappa shape index (κ3) is 4.70. The van der Waals surface area contributed by atoms with E-state index in [0.717, 1.165) is 11.1 Å². The van der Waals surface area contributed by atoms with Crippen LogP contribution in [0.25, 0.3) is 0 Å². The summed E-state index contributed by atoms with van der Waals surface area (Å²) in [4.78, 5) is 27.6. The molecule has 5 nitrogen and oxygen atoms in total. The van der Waals surface area contributed by atoms with Gasteiger partial charge in [-0.3, -0.25) is 9.59 Å². The van der Waals surface area contributed by atoms with Crippen LogP contribution in [-0.2, 0) is 16.1 Å². The summed E-state index contributed by atoms with van der Waals surface area (Å²) in [7, 11) is 0. The molecule has 1 aliphatic rings. The van der Waals surface area contributed by atoms with Gasteiger partial charge in [-0.2, -0.15) is 5.10 Å². The lowest BCUT2D eigenvalue weighted by Gasteiger charge is -2.31. The van der Waals surface area contributed by atoms with Crippen molar-refractivity contribution in [2.24, 2.45) is 5.10 Å². The van der Waals surface area contributed by atoms with Gasteiger partial charge < -0.3 is 4.90 Å². The van der Waals surface area contributed by atoms with Gasteiger partial charge in [-0.1, -0.05) is 88.2 Å². The van der Waals surface area contributed by atoms with Crippen molar-refractivity contribution in [3.05, 3.63) is 101 Å². The Bertz CT molecular complexity index is 1140. The topological polar surface area (TPSA) is 53.0 Å². The highest BCUT2D eigenvalue weighted by Crippen LogP contribution is 2.30. The number of hydrogen-bond donors (Lipinski definition) is 0. The molecular formula is C24H19BrClN3O2. The fourth-order valence-corrected chi connectivity index (χ4v) is 3.91. The zero-order chi connectivity index (χ0) is 21.8. The van der Waals surface area contributed by atoms with E-state index in [4.69, 9.17) is 11.6 Å². The minimum absolute atomic E-state index is 0.0624. The van der Waals surface area contributed by atoms with Crippen LogP contribution in [-0.4, -0.2) is 34.4 Å². The number of hydrogen-bond acceptors (Lipinski definition) is 3. The molecule has 31 heavy (non-hydrogen) atoms. The summed E-state index contributed by atoms with van der Waals surface area (Å²) in [6.45, 7) is 0.211. The molecule has 156 valence electrons. The maximum atomic E-state index is 13.3. The Morgan fingerprint density at radius 1 is 1.00 bits per heavy atom. The molecule has 2 amide bonds. The van der Waals surface area contributed by atoms with E-state index in [9.17, 15) is 9.59 Å². The molecule has 1 heterocycles. The lowest BCUT2D eigenvalue weighted by atomic mass is 9.99. The van der Waals surface area contributed by atoms with Crippen LogP contribution in [0.4, 0.5) is 5.69 Å². The first-order chi connectivity index (χ1) is 15.1. The number of fused-ring (bicyclic) bond motifs is 1. The van der Waals surface area contributed by atoms with E-state index < -0.39 is 0 Å². The highest BCUT2D eigenvalue weighted by Gasteiger charge is 2.29. The predicted octanol–water partition coefficient (Wildman–Crippen LogP) is 4.86. The molecule has 4 rings (SSSR count). The van der Waals surface area contributed by atoms with Crippen LogP contribution in [0.1, 0.15) is 16.7 Å². The molecule has 0 unspecified atom stereocenters. The molecule has 3 aromatic carbocycles. The highest BCUT2D eigenvalue weighted by atomic mass is 79.9. The fourth-order valence-electron chi connectivity index (χ4n) is 3.45. The van der Waals surface area contributed by atoms with Crippen molar-refractivity contribution >= 4 is 50.7 Å². The van der Waals surface area contributed by atoms with E-state index in [1.165, 1.54) is 5.01 Å². The summed E-state index contributed by atoms with van der Waals surface area (Å²) in [5, 5.41) is 6.42. The van der Waals surface area contributed by atoms with E-state index in [0.29, 0.717) is 28.5 Å². The Morgan fingerprint density at radius 3 is 2.35 bits per heavy atom. The van der Waals surface area contributed by atoms with E-state index in [2.05, 4.69) is 21.0 Å². The molecule has 1 aliphatic heterocycles. The van der Waals surface area contributed by atoms with Crippen molar-refractivity contribution in [3.63, 3.8) is 0 Å². The summed E-state index contributed by atoms with van der Waals surface area (Å²) in [6, 6.07) is 24.7. The number of nitrogens with zero attached hydrogens (tertiary/aromatic N) is 3. The zero-order valence-electron chi connectivity index (χ0n) is 16.5. The highest BCUT2D eigenvalue weighted by molar-refractivity contribution is 9.09. The van der Waals surface area contributed by atoms with Gasteiger partial charge >= 0.3 is 0 Å². The number of amides is 2. The smallest absolute Gasteiger partial charge is 0.253 e. The third-order valence-electron chi connectivity index (χ3n) is 4.94. The first-order valence-corrected chi connectivity index (χ1v) is 11.2. The number of benzene rings is 3. The third-order valence-corrected chi connectivity index (χ3v) is 5.66. The Balaban J connectivity index is 1.92. The van der Waals surface area contributed by atoms with Gasteiger partial charge in [0.05, 0.1) is 17.6 Å². The second-order valence-electron chi connectivity index (χ2n) is 7.03. The molecule has 0 radical (unpaired) electrons. The number of anilines is 1. The van der Waals surface area contributed by atoms with Crippen molar-refractivity contribution in [3.8, 4) is 0 Å². The van der Waals surface area contributed by atoms with Crippen LogP contribution in [0.3, 0.4) is 0 Å². The van der Waals surface area contributed by atoms with Crippen molar-refractivity contribution in [2.45, 2.75) is 6.54 Å². The summed E-state index contributed by atoms with van der Waals surface area (Å²) < 4.78 is 0. The Labute approximate surface area is 194 Å². The van der Waals surface area contributed by atoms with E-state index in [1.54, 1.807) is 17.0 Å².